The Balaban J connectivity index is 2.88. The second-order valence-electron chi connectivity index (χ2n) is 5.66. The first-order valence-electron chi connectivity index (χ1n) is 7.00. The highest BCUT2D eigenvalue weighted by molar-refractivity contribution is 5.82. The van der Waals surface area contributed by atoms with Crippen LogP contribution < -0.4 is 10.1 Å². The normalized spacial score (nSPS) is 11.8. The molecule has 6 nitrogen and oxygen atoms in total. The van der Waals surface area contributed by atoms with Crippen molar-refractivity contribution in [3.05, 3.63) is 29.8 Å². The molecule has 0 aromatic heterocycles. The van der Waals surface area contributed by atoms with Crippen molar-refractivity contribution in [3.63, 3.8) is 0 Å². The van der Waals surface area contributed by atoms with E-state index in [9.17, 15) is 9.59 Å². The van der Waals surface area contributed by atoms with Gasteiger partial charge in [-0.15, -0.1) is 6.42 Å². The van der Waals surface area contributed by atoms with Crippen LogP contribution in [0.5, 0.6) is 5.75 Å². The average Bonchev–Trinajstić information content (AvgIpc) is 2.48. The molecule has 0 fully saturated rings. The van der Waals surface area contributed by atoms with Crippen LogP contribution in [0.4, 0.5) is 4.79 Å². The summed E-state index contributed by atoms with van der Waals surface area (Å²) in [5.41, 5.74) is -0.131. The minimum absolute atomic E-state index is 0.149. The van der Waals surface area contributed by atoms with Gasteiger partial charge in [0, 0.05) is 0 Å². The minimum Gasteiger partial charge on any atom is -0.481 e. The molecule has 1 rings (SSSR count). The van der Waals surface area contributed by atoms with Crippen LogP contribution in [0.15, 0.2) is 24.3 Å². The molecule has 0 unspecified atom stereocenters. The summed E-state index contributed by atoms with van der Waals surface area (Å²) in [4.78, 5) is 23.8. The van der Waals surface area contributed by atoms with Crippen LogP contribution in [-0.2, 0) is 14.3 Å². The van der Waals surface area contributed by atoms with Crippen molar-refractivity contribution < 1.29 is 23.8 Å². The fourth-order valence-electron chi connectivity index (χ4n) is 1.70. The number of ether oxygens (including phenoxy) is 3. The lowest BCUT2D eigenvalue weighted by Gasteiger charge is -2.22. The van der Waals surface area contributed by atoms with E-state index in [1.165, 1.54) is 7.11 Å². The van der Waals surface area contributed by atoms with Gasteiger partial charge in [-0.1, -0.05) is 18.1 Å². The van der Waals surface area contributed by atoms with E-state index in [0.717, 1.165) is 0 Å². The molecule has 1 atom stereocenters. The molecular formula is C17H21NO5. The molecule has 1 amide bonds. The molecule has 0 bridgehead atoms. The molecule has 0 saturated carbocycles. The lowest BCUT2D eigenvalue weighted by molar-refractivity contribution is -0.143. The van der Waals surface area contributed by atoms with Gasteiger partial charge in [-0.2, -0.15) is 0 Å². The van der Waals surface area contributed by atoms with Gasteiger partial charge in [-0.05, 0) is 38.5 Å². The molecular weight excluding hydrogens is 298 g/mol. The number of hydrogen-bond donors (Lipinski definition) is 1. The van der Waals surface area contributed by atoms with Crippen LogP contribution >= 0.6 is 0 Å². The third-order valence-corrected chi connectivity index (χ3v) is 2.63. The standard InChI is InChI=1S/C17H21NO5/c1-6-11-22-13-9-7-12(8-10-13)14(15(19)21-5)18-16(20)23-17(2,3)4/h1,7-10,14H,11H2,2-5H3,(H,18,20)/t14-/m0/s1. The van der Waals surface area contributed by atoms with E-state index in [2.05, 4.69) is 11.2 Å². The summed E-state index contributed by atoms with van der Waals surface area (Å²) in [6, 6.07) is 5.62. The fraction of sp³-hybridized carbons (Fsp3) is 0.412. The first kappa shape index (κ1) is 18.4. The first-order chi connectivity index (χ1) is 10.8. The summed E-state index contributed by atoms with van der Waals surface area (Å²) >= 11 is 0. The van der Waals surface area contributed by atoms with Crippen molar-refractivity contribution >= 4 is 12.1 Å². The van der Waals surface area contributed by atoms with E-state index >= 15 is 0 Å². The Kier molecular flexibility index (Phi) is 6.46. The van der Waals surface area contributed by atoms with E-state index in [-0.39, 0.29) is 6.61 Å². The number of terminal acetylenes is 1. The highest BCUT2D eigenvalue weighted by Crippen LogP contribution is 2.20. The van der Waals surface area contributed by atoms with Gasteiger partial charge in [-0.25, -0.2) is 9.59 Å². The Morgan fingerprint density at radius 2 is 1.87 bits per heavy atom. The number of carbonyl (C=O) groups excluding carboxylic acids is 2. The van der Waals surface area contributed by atoms with Crippen LogP contribution in [0.25, 0.3) is 0 Å². The fourth-order valence-corrected chi connectivity index (χ4v) is 1.70. The van der Waals surface area contributed by atoms with E-state index in [1.54, 1.807) is 45.0 Å². The molecule has 0 saturated heterocycles. The van der Waals surface area contributed by atoms with Crippen LogP contribution in [0.2, 0.25) is 0 Å². The number of alkyl carbamates (subject to hydrolysis) is 1. The van der Waals surface area contributed by atoms with Crippen molar-refractivity contribution in [1.29, 1.82) is 0 Å². The third kappa shape index (κ3) is 6.30. The van der Waals surface area contributed by atoms with Crippen LogP contribution in [0.3, 0.4) is 0 Å². The highest BCUT2D eigenvalue weighted by atomic mass is 16.6. The Hall–Kier alpha value is -2.68. The first-order valence-corrected chi connectivity index (χ1v) is 7.00. The van der Waals surface area contributed by atoms with Gasteiger partial charge in [0.15, 0.2) is 6.04 Å². The number of rotatable bonds is 5. The predicted molar refractivity (Wildman–Crippen MR) is 84.9 cm³/mol. The molecule has 0 aliphatic rings. The maximum Gasteiger partial charge on any atom is 0.408 e. The number of methoxy groups -OCH3 is 1. The van der Waals surface area contributed by atoms with Gasteiger partial charge in [0.05, 0.1) is 7.11 Å². The maximum absolute atomic E-state index is 11.9. The molecule has 0 spiro atoms. The monoisotopic (exact) mass is 319 g/mol. The summed E-state index contributed by atoms with van der Waals surface area (Å²) in [7, 11) is 1.25. The topological polar surface area (TPSA) is 73.9 Å². The highest BCUT2D eigenvalue weighted by Gasteiger charge is 2.26. The summed E-state index contributed by atoms with van der Waals surface area (Å²) in [5, 5.41) is 2.49. The predicted octanol–water partition coefficient (Wildman–Crippen LogP) is 2.44. The Bertz CT molecular complexity index is 580. The summed E-state index contributed by atoms with van der Waals surface area (Å²) in [6.45, 7) is 5.35. The van der Waals surface area contributed by atoms with Gasteiger partial charge in [0.2, 0.25) is 0 Å². The molecule has 0 aliphatic carbocycles. The minimum atomic E-state index is -0.975. The van der Waals surface area contributed by atoms with Crippen molar-refractivity contribution in [2.24, 2.45) is 0 Å². The zero-order valence-electron chi connectivity index (χ0n) is 13.7. The maximum atomic E-state index is 11.9. The summed E-state index contributed by atoms with van der Waals surface area (Å²) in [6.07, 6.45) is 4.41. The second-order valence-corrected chi connectivity index (χ2v) is 5.66. The zero-order valence-corrected chi connectivity index (χ0v) is 13.7. The Labute approximate surface area is 136 Å². The number of hydrogen-bond acceptors (Lipinski definition) is 5. The van der Waals surface area contributed by atoms with E-state index in [1.807, 2.05) is 0 Å². The number of benzene rings is 1. The van der Waals surface area contributed by atoms with Crippen LogP contribution in [-0.4, -0.2) is 31.4 Å². The van der Waals surface area contributed by atoms with Crippen molar-refractivity contribution in [2.75, 3.05) is 13.7 Å². The molecule has 1 aromatic rings. The third-order valence-electron chi connectivity index (χ3n) is 2.63. The molecule has 0 radical (unpaired) electrons. The average molecular weight is 319 g/mol. The number of nitrogens with one attached hydrogen (secondary N) is 1. The molecule has 6 heteroatoms. The Morgan fingerprint density at radius 1 is 1.26 bits per heavy atom. The van der Waals surface area contributed by atoms with E-state index in [0.29, 0.717) is 11.3 Å². The molecule has 0 aliphatic heterocycles. The lowest BCUT2D eigenvalue weighted by Crippen LogP contribution is -2.38. The second kappa shape index (κ2) is 8.08. The SMILES string of the molecule is C#CCOc1ccc([C@H](NC(=O)OC(C)(C)C)C(=O)OC)cc1. The smallest absolute Gasteiger partial charge is 0.408 e. The molecule has 23 heavy (non-hydrogen) atoms. The largest absolute Gasteiger partial charge is 0.481 e. The zero-order chi connectivity index (χ0) is 17.5. The van der Waals surface area contributed by atoms with Gasteiger partial charge >= 0.3 is 12.1 Å². The molecule has 0 heterocycles. The van der Waals surface area contributed by atoms with E-state index in [4.69, 9.17) is 20.6 Å². The van der Waals surface area contributed by atoms with Gasteiger partial charge < -0.3 is 19.5 Å². The van der Waals surface area contributed by atoms with Crippen molar-refractivity contribution in [2.45, 2.75) is 32.4 Å². The summed E-state index contributed by atoms with van der Waals surface area (Å²) < 4.78 is 15.1. The summed E-state index contributed by atoms with van der Waals surface area (Å²) in [5.74, 6) is 2.32. The van der Waals surface area contributed by atoms with Crippen molar-refractivity contribution in [3.8, 4) is 18.1 Å². The van der Waals surface area contributed by atoms with Gasteiger partial charge in [-0.3, -0.25) is 0 Å². The Morgan fingerprint density at radius 3 is 2.35 bits per heavy atom. The van der Waals surface area contributed by atoms with Crippen molar-refractivity contribution in [1.82, 2.24) is 5.32 Å². The number of esters is 1. The number of amides is 1. The van der Waals surface area contributed by atoms with Crippen LogP contribution in [0, 0.1) is 12.3 Å². The van der Waals surface area contributed by atoms with E-state index < -0.39 is 23.7 Å². The molecule has 124 valence electrons. The van der Waals surface area contributed by atoms with Gasteiger partial charge in [0.1, 0.15) is 18.0 Å². The molecule has 1 N–H and O–H groups in total. The molecule has 1 aromatic carbocycles. The number of carbonyl (C=O) groups is 2. The van der Waals surface area contributed by atoms with Gasteiger partial charge in [0.25, 0.3) is 0 Å². The lowest BCUT2D eigenvalue weighted by atomic mass is 10.1. The van der Waals surface area contributed by atoms with Crippen LogP contribution in [0.1, 0.15) is 32.4 Å². The quantitative estimate of drug-likeness (QED) is 0.666.